The van der Waals surface area contributed by atoms with Crippen molar-refractivity contribution < 1.29 is 4.79 Å². The van der Waals surface area contributed by atoms with Gasteiger partial charge >= 0.3 is 0 Å². The summed E-state index contributed by atoms with van der Waals surface area (Å²) in [5, 5.41) is 2.29. The minimum absolute atomic E-state index is 0.167. The third-order valence-electron chi connectivity index (χ3n) is 6.82. The SMILES string of the molecule is O=C1c2cccc3cccc(c23)N1CCCCCCN1CCN(c2ccc(Br)cc2)CC1. The monoisotopic (exact) mass is 491 g/mol. The van der Waals surface area contributed by atoms with Crippen molar-refractivity contribution in [2.75, 3.05) is 49.1 Å². The fourth-order valence-electron chi connectivity index (χ4n) is 5.04. The second-order valence-corrected chi connectivity index (χ2v) is 9.77. The molecule has 166 valence electrons. The Labute approximate surface area is 198 Å². The number of nitrogens with zero attached hydrogens (tertiary/aromatic N) is 3. The third-order valence-corrected chi connectivity index (χ3v) is 7.35. The molecule has 1 amide bonds. The Morgan fingerprint density at radius 3 is 2.19 bits per heavy atom. The van der Waals surface area contributed by atoms with Gasteiger partial charge in [0, 0.05) is 53.8 Å². The highest BCUT2D eigenvalue weighted by Crippen LogP contribution is 2.37. The number of piperazine rings is 1. The van der Waals surface area contributed by atoms with Gasteiger partial charge in [0.05, 0.1) is 5.69 Å². The maximum atomic E-state index is 12.9. The normalized spacial score (nSPS) is 16.3. The molecule has 32 heavy (non-hydrogen) atoms. The number of hydrogen-bond acceptors (Lipinski definition) is 3. The molecule has 0 aromatic heterocycles. The minimum atomic E-state index is 0.167. The van der Waals surface area contributed by atoms with Crippen LogP contribution in [0.1, 0.15) is 36.0 Å². The molecule has 0 unspecified atom stereocenters. The summed E-state index contributed by atoms with van der Waals surface area (Å²) in [6, 6.07) is 20.9. The number of carbonyl (C=O) groups is 1. The van der Waals surface area contributed by atoms with Crippen molar-refractivity contribution in [3.8, 4) is 0 Å². The minimum Gasteiger partial charge on any atom is -0.369 e. The predicted octanol–water partition coefficient (Wildman–Crippen LogP) is 5.95. The summed E-state index contributed by atoms with van der Waals surface area (Å²) in [6.45, 7) is 6.48. The lowest BCUT2D eigenvalue weighted by Gasteiger charge is -2.36. The van der Waals surface area contributed by atoms with Crippen molar-refractivity contribution in [3.63, 3.8) is 0 Å². The second kappa shape index (κ2) is 9.63. The summed E-state index contributed by atoms with van der Waals surface area (Å²) in [5.74, 6) is 0.167. The van der Waals surface area contributed by atoms with E-state index in [-0.39, 0.29) is 5.91 Å². The predicted molar refractivity (Wildman–Crippen MR) is 137 cm³/mol. The van der Waals surface area contributed by atoms with Crippen molar-refractivity contribution in [2.45, 2.75) is 25.7 Å². The number of amides is 1. The average Bonchev–Trinajstić information content (AvgIpc) is 3.10. The Balaban J connectivity index is 1.02. The first-order chi connectivity index (χ1) is 15.7. The molecule has 2 aliphatic rings. The van der Waals surface area contributed by atoms with Gasteiger partial charge < -0.3 is 9.80 Å². The van der Waals surface area contributed by atoms with E-state index in [2.05, 4.69) is 74.3 Å². The fourth-order valence-corrected chi connectivity index (χ4v) is 5.31. The van der Waals surface area contributed by atoms with Gasteiger partial charge in [-0.15, -0.1) is 0 Å². The fraction of sp³-hybridized carbons (Fsp3) is 0.370. The number of unbranched alkanes of at least 4 members (excludes halogenated alkanes) is 3. The van der Waals surface area contributed by atoms with Crippen LogP contribution in [0.25, 0.3) is 10.8 Å². The van der Waals surface area contributed by atoms with Gasteiger partial charge in [0.1, 0.15) is 0 Å². The van der Waals surface area contributed by atoms with Crippen molar-refractivity contribution in [1.82, 2.24) is 4.90 Å². The van der Waals surface area contributed by atoms with Crippen LogP contribution in [0.4, 0.5) is 11.4 Å². The topological polar surface area (TPSA) is 26.8 Å². The molecule has 4 nitrogen and oxygen atoms in total. The highest BCUT2D eigenvalue weighted by Gasteiger charge is 2.28. The zero-order valence-electron chi connectivity index (χ0n) is 18.5. The third kappa shape index (κ3) is 4.41. The first-order valence-corrected chi connectivity index (χ1v) is 12.6. The molecule has 2 heterocycles. The Hall–Kier alpha value is -2.37. The number of carbonyl (C=O) groups excluding carboxylic acids is 1. The largest absolute Gasteiger partial charge is 0.369 e. The summed E-state index contributed by atoms with van der Waals surface area (Å²) < 4.78 is 1.13. The van der Waals surface area contributed by atoms with E-state index < -0.39 is 0 Å². The van der Waals surface area contributed by atoms with Crippen molar-refractivity contribution in [1.29, 1.82) is 0 Å². The summed E-state index contributed by atoms with van der Waals surface area (Å²) in [6.07, 6.45) is 4.70. The molecule has 1 saturated heterocycles. The molecule has 2 aliphatic heterocycles. The van der Waals surface area contributed by atoms with Crippen molar-refractivity contribution in [2.24, 2.45) is 0 Å². The summed E-state index contributed by atoms with van der Waals surface area (Å²) in [4.78, 5) is 19.9. The van der Waals surface area contributed by atoms with Crippen molar-refractivity contribution in [3.05, 3.63) is 70.7 Å². The van der Waals surface area contributed by atoms with E-state index in [0.717, 1.165) is 65.6 Å². The lowest BCUT2D eigenvalue weighted by molar-refractivity contribution is 0.0992. The van der Waals surface area contributed by atoms with Crippen LogP contribution in [-0.2, 0) is 0 Å². The van der Waals surface area contributed by atoms with Gasteiger partial charge in [0.25, 0.3) is 5.91 Å². The van der Waals surface area contributed by atoms with Gasteiger partial charge in [0.15, 0.2) is 0 Å². The molecule has 3 aromatic carbocycles. The van der Waals surface area contributed by atoms with Gasteiger partial charge in [-0.25, -0.2) is 0 Å². The van der Waals surface area contributed by atoms with Crippen LogP contribution < -0.4 is 9.80 Å². The molecule has 5 rings (SSSR count). The van der Waals surface area contributed by atoms with Gasteiger partial charge in [-0.1, -0.05) is 53.0 Å². The Morgan fingerprint density at radius 2 is 1.44 bits per heavy atom. The zero-order valence-corrected chi connectivity index (χ0v) is 20.1. The lowest BCUT2D eigenvalue weighted by Crippen LogP contribution is -2.46. The van der Waals surface area contributed by atoms with Crippen LogP contribution in [0.5, 0.6) is 0 Å². The average molecular weight is 492 g/mol. The Morgan fingerprint density at radius 1 is 0.750 bits per heavy atom. The quantitative estimate of drug-likeness (QED) is 0.364. The molecular weight excluding hydrogens is 462 g/mol. The zero-order chi connectivity index (χ0) is 21.9. The standard InChI is InChI=1S/C27H30BrN3O/c28-22-11-13-23(14-12-22)30-19-17-29(18-20-30)15-3-1-2-4-16-31-25-10-6-8-21-7-5-9-24(26(21)25)27(31)32/h5-14H,1-4,15-20H2. The van der Waals surface area contributed by atoms with E-state index in [1.807, 2.05) is 17.0 Å². The number of benzene rings is 3. The number of anilines is 2. The van der Waals surface area contributed by atoms with Crippen LogP contribution in [0.3, 0.4) is 0 Å². The summed E-state index contributed by atoms with van der Waals surface area (Å²) in [7, 11) is 0. The van der Waals surface area contributed by atoms with E-state index in [0.29, 0.717) is 0 Å². The molecular formula is C27H30BrN3O. The molecule has 5 heteroatoms. The van der Waals surface area contributed by atoms with Gasteiger partial charge in [-0.05, 0) is 61.2 Å². The first kappa shape index (κ1) is 21.5. The molecule has 0 bridgehead atoms. The molecule has 1 fully saturated rings. The summed E-state index contributed by atoms with van der Waals surface area (Å²) in [5.41, 5.74) is 3.27. The number of hydrogen-bond donors (Lipinski definition) is 0. The Bertz CT molecular complexity index is 1080. The van der Waals surface area contributed by atoms with Crippen LogP contribution in [0.15, 0.2) is 65.1 Å². The molecule has 3 aromatic rings. The second-order valence-electron chi connectivity index (χ2n) is 8.86. The molecule has 0 saturated carbocycles. The smallest absolute Gasteiger partial charge is 0.258 e. The lowest BCUT2D eigenvalue weighted by atomic mass is 10.1. The van der Waals surface area contributed by atoms with Crippen LogP contribution >= 0.6 is 15.9 Å². The maximum absolute atomic E-state index is 12.9. The molecule has 0 N–H and O–H groups in total. The van der Waals surface area contributed by atoms with Crippen LogP contribution in [0, 0.1) is 0 Å². The van der Waals surface area contributed by atoms with E-state index >= 15 is 0 Å². The van der Waals surface area contributed by atoms with Gasteiger partial charge in [-0.2, -0.15) is 0 Å². The molecule has 0 spiro atoms. The van der Waals surface area contributed by atoms with Gasteiger partial charge in [0.2, 0.25) is 0 Å². The van der Waals surface area contributed by atoms with E-state index in [9.17, 15) is 4.79 Å². The van der Waals surface area contributed by atoms with Crippen LogP contribution in [-0.4, -0.2) is 50.1 Å². The molecule has 0 atom stereocenters. The number of halogens is 1. The first-order valence-electron chi connectivity index (χ1n) is 11.8. The highest BCUT2D eigenvalue weighted by molar-refractivity contribution is 9.10. The van der Waals surface area contributed by atoms with E-state index in [4.69, 9.17) is 0 Å². The summed E-state index contributed by atoms with van der Waals surface area (Å²) >= 11 is 3.51. The van der Waals surface area contributed by atoms with Crippen molar-refractivity contribution >= 4 is 44.0 Å². The Kier molecular flexibility index (Phi) is 6.47. The maximum Gasteiger partial charge on any atom is 0.258 e. The highest BCUT2D eigenvalue weighted by atomic mass is 79.9. The number of rotatable bonds is 8. The van der Waals surface area contributed by atoms with E-state index in [1.165, 1.54) is 31.5 Å². The van der Waals surface area contributed by atoms with Crippen LogP contribution in [0.2, 0.25) is 0 Å². The van der Waals surface area contributed by atoms with Gasteiger partial charge in [-0.3, -0.25) is 9.69 Å². The molecule has 0 aliphatic carbocycles. The molecule has 0 radical (unpaired) electrons. The van der Waals surface area contributed by atoms with E-state index in [1.54, 1.807) is 0 Å².